The minimum atomic E-state index is -2.77. The van der Waals surface area contributed by atoms with Gasteiger partial charge in [0, 0.05) is 31.7 Å². The fourth-order valence-electron chi connectivity index (χ4n) is 4.92. The number of carbonyl (C=O) groups is 1. The van der Waals surface area contributed by atoms with Crippen LogP contribution >= 0.6 is 0 Å². The maximum atomic E-state index is 14.0. The third-order valence-electron chi connectivity index (χ3n) is 6.77. The minimum absolute atomic E-state index is 0.0199. The number of fused-ring (bicyclic) bond motifs is 1. The van der Waals surface area contributed by atoms with E-state index in [1.54, 1.807) is 30.3 Å². The molecule has 0 bridgehead atoms. The first-order chi connectivity index (χ1) is 17.5. The van der Waals surface area contributed by atoms with Crippen LogP contribution in [0.5, 0.6) is 0 Å². The van der Waals surface area contributed by atoms with Crippen molar-refractivity contribution >= 4 is 28.9 Å². The Morgan fingerprint density at radius 3 is 2.53 bits per heavy atom. The molecule has 12 heteroatoms. The van der Waals surface area contributed by atoms with Gasteiger partial charge in [-0.2, -0.15) is 9.97 Å². The molecule has 3 heterocycles. The number of imidazole rings is 1. The van der Waals surface area contributed by atoms with Crippen LogP contribution in [0.1, 0.15) is 37.9 Å². The van der Waals surface area contributed by atoms with E-state index >= 15 is 0 Å². The Morgan fingerprint density at radius 1 is 1.08 bits per heavy atom. The molecule has 1 aliphatic carbocycles. The van der Waals surface area contributed by atoms with Crippen molar-refractivity contribution in [2.24, 2.45) is 5.92 Å². The quantitative estimate of drug-likeness (QED) is 0.447. The molecule has 5 rings (SSSR count). The number of anilines is 2. The fourth-order valence-corrected chi connectivity index (χ4v) is 4.92. The predicted molar refractivity (Wildman–Crippen MR) is 130 cm³/mol. The van der Waals surface area contributed by atoms with Crippen LogP contribution in [0, 0.1) is 5.92 Å². The summed E-state index contributed by atoms with van der Waals surface area (Å²) in [5, 5.41) is 14.8. The molecule has 192 valence electrons. The average Bonchev–Trinajstić information content (AvgIpc) is 3.29. The largest absolute Gasteiger partial charge is 0.465 e. The molecule has 1 amide bonds. The smallest absolute Gasteiger partial charge is 0.404 e. The zero-order chi connectivity index (χ0) is 25.1. The molecule has 36 heavy (non-hydrogen) atoms. The standard InChI is InChI=1S/C24H29F2N7O3/c25-21(26)22-29-17-3-1-2-4-18(17)33(22)20-13-19(32-9-11-36-12-10-32)30-23(31-20)27-14-15-5-7-16(8-6-15)28-24(34)35/h1-4,13,15-16,21,28H,5-12,14H2,(H,34,35)(H,27,30,31)/t15-,16-. The van der Waals surface area contributed by atoms with Crippen LogP contribution in [0.2, 0.25) is 0 Å². The van der Waals surface area contributed by atoms with Gasteiger partial charge in [0.05, 0.1) is 24.2 Å². The van der Waals surface area contributed by atoms with Crippen LogP contribution in [-0.4, -0.2) is 69.6 Å². The summed E-state index contributed by atoms with van der Waals surface area (Å²) >= 11 is 0. The zero-order valence-corrected chi connectivity index (χ0v) is 19.7. The highest BCUT2D eigenvalue weighted by molar-refractivity contribution is 5.78. The van der Waals surface area contributed by atoms with Crippen molar-refractivity contribution in [3.05, 3.63) is 36.2 Å². The number of amides is 1. The molecule has 2 aliphatic rings. The van der Waals surface area contributed by atoms with Gasteiger partial charge in [-0.25, -0.2) is 18.6 Å². The van der Waals surface area contributed by atoms with Gasteiger partial charge in [-0.1, -0.05) is 12.1 Å². The Balaban J connectivity index is 1.43. The molecule has 0 spiro atoms. The molecule has 3 N–H and O–H groups in total. The Hall–Kier alpha value is -3.54. The Kier molecular flexibility index (Phi) is 7.12. The van der Waals surface area contributed by atoms with Crippen LogP contribution in [0.3, 0.4) is 0 Å². The van der Waals surface area contributed by atoms with Gasteiger partial charge >= 0.3 is 6.09 Å². The summed E-state index contributed by atoms with van der Waals surface area (Å²) in [7, 11) is 0. The van der Waals surface area contributed by atoms with Crippen LogP contribution in [-0.2, 0) is 4.74 Å². The Bertz CT molecular complexity index is 1210. The second kappa shape index (κ2) is 10.6. The molecule has 1 saturated carbocycles. The summed E-state index contributed by atoms with van der Waals surface area (Å²) in [5.74, 6) is 1.29. The van der Waals surface area contributed by atoms with Gasteiger partial charge in [0.25, 0.3) is 6.43 Å². The number of para-hydroxylation sites is 2. The van der Waals surface area contributed by atoms with Gasteiger partial charge in [-0.15, -0.1) is 0 Å². The number of rotatable bonds is 7. The summed E-state index contributed by atoms with van der Waals surface area (Å²) in [6, 6.07) is 8.71. The molecule has 10 nitrogen and oxygen atoms in total. The van der Waals surface area contributed by atoms with E-state index < -0.39 is 12.5 Å². The lowest BCUT2D eigenvalue weighted by Crippen LogP contribution is -2.38. The molecule has 0 unspecified atom stereocenters. The van der Waals surface area contributed by atoms with Crippen molar-refractivity contribution in [3.8, 4) is 5.82 Å². The maximum Gasteiger partial charge on any atom is 0.404 e. The lowest BCUT2D eigenvalue weighted by molar-refractivity contribution is 0.122. The van der Waals surface area contributed by atoms with E-state index in [0.29, 0.717) is 67.4 Å². The van der Waals surface area contributed by atoms with Crippen molar-refractivity contribution < 1.29 is 23.4 Å². The zero-order valence-electron chi connectivity index (χ0n) is 19.7. The summed E-state index contributed by atoms with van der Waals surface area (Å²) < 4.78 is 34.9. The van der Waals surface area contributed by atoms with Gasteiger partial charge in [0.15, 0.2) is 5.82 Å². The van der Waals surface area contributed by atoms with Crippen molar-refractivity contribution in [1.29, 1.82) is 0 Å². The molecule has 2 aromatic heterocycles. The van der Waals surface area contributed by atoms with Gasteiger partial charge in [-0.3, -0.25) is 4.57 Å². The fraction of sp³-hybridized carbons (Fsp3) is 0.500. The van der Waals surface area contributed by atoms with Crippen molar-refractivity contribution in [2.75, 3.05) is 43.1 Å². The van der Waals surface area contributed by atoms with Crippen molar-refractivity contribution in [2.45, 2.75) is 38.2 Å². The number of halogens is 2. The minimum Gasteiger partial charge on any atom is -0.465 e. The first-order valence-corrected chi connectivity index (χ1v) is 12.2. The second-order valence-corrected chi connectivity index (χ2v) is 9.15. The summed E-state index contributed by atoms with van der Waals surface area (Å²) in [6.07, 6.45) is -0.474. The highest BCUT2D eigenvalue weighted by atomic mass is 19.3. The number of nitrogens with one attached hydrogen (secondary N) is 2. The molecular weight excluding hydrogens is 472 g/mol. The molecule has 1 aliphatic heterocycles. The van der Waals surface area contributed by atoms with Crippen LogP contribution in [0.4, 0.5) is 25.3 Å². The third-order valence-corrected chi connectivity index (χ3v) is 6.77. The number of ether oxygens (including phenoxy) is 1. The van der Waals surface area contributed by atoms with Crippen molar-refractivity contribution in [3.63, 3.8) is 0 Å². The SMILES string of the molecule is O=C(O)N[C@H]1CC[C@H](CNc2nc(N3CCOCC3)cc(-n3c(C(F)F)nc4ccccc43)n2)CC1. The average molecular weight is 502 g/mol. The summed E-state index contributed by atoms with van der Waals surface area (Å²) in [5.41, 5.74) is 1.02. The van der Waals surface area contributed by atoms with E-state index in [4.69, 9.17) is 14.8 Å². The number of carboxylic acid groups (broad SMARTS) is 1. The normalized spacial score (nSPS) is 20.6. The van der Waals surface area contributed by atoms with Crippen LogP contribution < -0.4 is 15.5 Å². The van der Waals surface area contributed by atoms with E-state index in [1.807, 2.05) is 0 Å². The topological polar surface area (TPSA) is 117 Å². The van der Waals surface area contributed by atoms with Gasteiger partial charge in [0.1, 0.15) is 11.6 Å². The summed E-state index contributed by atoms with van der Waals surface area (Å²) in [6.45, 7) is 3.02. The molecule has 0 radical (unpaired) electrons. The second-order valence-electron chi connectivity index (χ2n) is 9.15. The Labute approximate surface area is 206 Å². The first-order valence-electron chi connectivity index (χ1n) is 12.2. The van der Waals surface area contributed by atoms with Crippen LogP contribution in [0.15, 0.2) is 30.3 Å². The van der Waals surface area contributed by atoms with Gasteiger partial charge in [-0.05, 0) is 43.7 Å². The third kappa shape index (κ3) is 5.32. The first kappa shape index (κ1) is 24.2. The monoisotopic (exact) mass is 501 g/mol. The molecule has 2 fully saturated rings. The maximum absolute atomic E-state index is 14.0. The van der Waals surface area contributed by atoms with Crippen molar-refractivity contribution in [1.82, 2.24) is 24.8 Å². The number of hydrogen-bond acceptors (Lipinski definition) is 7. The molecule has 0 atom stereocenters. The Morgan fingerprint density at radius 2 is 1.81 bits per heavy atom. The number of nitrogens with zero attached hydrogens (tertiary/aromatic N) is 5. The number of alkyl halides is 2. The van der Waals surface area contributed by atoms with Gasteiger partial charge < -0.3 is 25.4 Å². The van der Waals surface area contributed by atoms with E-state index in [-0.39, 0.29) is 11.9 Å². The molecular formula is C24H29F2N7O3. The van der Waals surface area contributed by atoms with E-state index in [0.717, 1.165) is 25.7 Å². The lowest BCUT2D eigenvalue weighted by atomic mass is 9.86. The molecule has 1 saturated heterocycles. The number of benzene rings is 1. The highest BCUT2D eigenvalue weighted by Gasteiger charge is 2.25. The summed E-state index contributed by atoms with van der Waals surface area (Å²) in [4.78, 5) is 26.4. The number of morpholine rings is 1. The number of aromatic nitrogens is 4. The number of hydrogen-bond donors (Lipinski definition) is 3. The van der Waals surface area contributed by atoms with E-state index in [9.17, 15) is 13.6 Å². The predicted octanol–water partition coefficient (Wildman–Crippen LogP) is 3.83. The highest BCUT2D eigenvalue weighted by Crippen LogP contribution is 2.30. The van der Waals surface area contributed by atoms with E-state index in [2.05, 4.69) is 25.5 Å². The molecule has 1 aromatic carbocycles. The lowest BCUT2D eigenvalue weighted by Gasteiger charge is -2.29. The van der Waals surface area contributed by atoms with Gasteiger partial charge in [0.2, 0.25) is 5.95 Å². The molecule has 3 aromatic rings. The van der Waals surface area contributed by atoms with E-state index in [1.165, 1.54) is 4.57 Å². The van der Waals surface area contributed by atoms with Crippen LogP contribution in [0.25, 0.3) is 16.9 Å².